The van der Waals surface area contributed by atoms with Crippen molar-refractivity contribution in [2.24, 2.45) is 5.10 Å². The molecule has 4 aromatic rings. The number of imidazole rings is 1. The van der Waals surface area contributed by atoms with Crippen LogP contribution in [0.25, 0.3) is 21.6 Å². The van der Waals surface area contributed by atoms with Crippen LogP contribution in [0.1, 0.15) is 24.1 Å². The number of para-hydroxylation sites is 2. The highest BCUT2D eigenvalue weighted by atomic mass is 32.1. The van der Waals surface area contributed by atoms with Crippen molar-refractivity contribution in [3.63, 3.8) is 0 Å². The van der Waals surface area contributed by atoms with Gasteiger partial charge in [0.25, 0.3) is 0 Å². The van der Waals surface area contributed by atoms with Gasteiger partial charge in [0.2, 0.25) is 5.95 Å². The molecule has 1 fully saturated rings. The van der Waals surface area contributed by atoms with E-state index in [1.165, 1.54) is 24.1 Å². The van der Waals surface area contributed by atoms with E-state index in [4.69, 9.17) is 4.98 Å². The van der Waals surface area contributed by atoms with E-state index in [2.05, 4.69) is 42.9 Å². The number of hydrogen-bond donors (Lipinski definition) is 2. The summed E-state index contributed by atoms with van der Waals surface area (Å²) in [6.07, 6.45) is 5.65. The number of thiophene rings is 1. The number of thiazole rings is 1. The van der Waals surface area contributed by atoms with Crippen LogP contribution in [-0.2, 0) is 0 Å². The number of nitrogens with zero attached hydrogens (tertiary/aromatic N) is 4. The maximum atomic E-state index is 4.95. The summed E-state index contributed by atoms with van der Waals surface area (Å²) < 4.78 is 0. The van der Waals surface area contributed by atoms with Crippen molar-refractivity contribution in [1.29, 1.82) is 0 Å². The summed E-state index contributed by atoms with van der Waals surface area (Å²) in [5, 5.41) is 7.60. The molecule has 2 N–H and O–H groups in total. The molecule has 5 rings (SSSR count). The summed E-state index contributed by atoms with van der Waals surface area (Å²) in [5.41, 5.74) is 5.94. The molecule has 0 amide bonds. The lowest BCUT2D eigenvalue weighted by atomic mass is 10.1. The zero-order chi connectivity index (χ0) is 18.8. The number of piperidine rings is 1. The molecule has 1 aromatic carbocycles. The lowest BCUT2D eigenvalue weighted by Gasteiger charge is -2.25. The third-order valence-electron chi connectivity index (χ3n) is 4.76. The fourth-order valence-corrected chi connectivity index (χ4v) is 5.17. The third kappa shape index (κ3) is 3.53. The maximum Gasteiger partial charge on any atom is 0.222 e. The molecule has 8 heteroatoms. The Kier molecular flexibility index (Phi) is 4.80. The Bertz CT molecular complexity index is 1060. The molecular weight excluding hydrogens is 388 g/mol. The number of anilines is 2. The van der Waals surface area contributed by atoms with Crippen LogP contribution < -0.4 is 10.3 Å². The van der Waals surface area contributed by atoms with Gasteiger partial charge in [0, 0.05) is 13.1 Å². The highest BCUT2D eigenvalue weighted by molar-refractivity contribution is 7.18. The van der Waals surface area contributed by atoms with E-state index >= 15 is 0 Å². The molecule has 6 nitrogen and oxygen atoms in total. The van der Waals surface area contributed by atoms with Crippen LogP contribution >= 0.6 is 22.7 Å². The van der Waals surface area contributed by atoms with Crippen molar-refractivity contribution in [3.05, 3.63) is 46.7 Å². The SMILES string of the molecule is C(=N\Nc1nc2ccccc2[nH]1)/c1sc(N2CCCCC2)nc1-c1cccs1. The fraction of sp³-hybridized carbons (Fsp3) is 0.250. The number of rotatable bonds is 5. The van der Waals surface area contributed by atoms with Gasteiger partial charge in [0.15, 0.2) is 5.13 Å². The van der Waals surface area contributed by atoms with Gasteiger partial charge in [0.05, 0.1) is 27.0 Å². The highest BCUT2D eigenvalue weighted by Gasteiger charge is 2.19. The minimum absolute atomic E-state index is 0.635. The average molecular weight is 409 g/mol. The van der Waals surface area contributed by atoms with Crippen molar-refractivity contribution in [2.45, 2.75) is 19.3 Å². The van der Waals surface area contributed by atoms with Crippen LogP contribution in [-0.4, -0.2) is 34.3 Å². The molecule has 0 bridgehead atoms. The zero-order valence-corrected chi connectivity index (χ0v) is 16.9. The van der Waals surface area contributed by atoms with Gasteiger partial charge in [-0.05, 0) is 42.8 Å². The van der Waals surface area contributed by atoms with Gasteiger partial charge in [0.1, 0.15) is 5.69 Å². The summed E-state index contributed by atoms with van der Waals surface area (Å²) in [6.45, 7) is 2.18. The standard InChI is InChI=1S/C20H20N6S2/c1-4-10-26(11-5-1)20-24-18(16-9-6-12-27-16)17(28-20)13-21-25-19-22-14-7-2-3-8-15(14)23-19/h2-3,6-9,12-13H,1,4-5,10-11H2,(H2,22,23,25)/b21-13+. The predicted molar refractivity (Wildman–Crippen MR) is 119 cm³/mol. The predicted octanol–water partition coefficient (Wildman–Crippen LogP) is 5.18. The van der Waals surface area contributed by atoms with Gasteiger partial charge in [-0.2, -0.15) is 5.10 Å². The maximum absolute atomic E-state index is 4.95. The molecular formula is C20H20N6S2. The molecule has 142 valence electrons. The van der Waals surface area contributed by atoms with E-state index in [-0.39, 0.29) is 0 Å². The number of aromatic nitrogens is 3. The molecule has 1 saturated heterocycles. The Balaban J connectivity index is 1.41. The van der Waals surface area contributed by atoms with Gasteiger partial charge in [-0.3, -0.25) is 0 Å². The van der Waals surface area contributed by atoms with E-state index in [0.717, 1.165) is 39.8 Å². The van der Waals surface area contributed by atoms with Gasteiger partial charge in [-0.15, -0.1) is 11.3 Å². The lowest BCUT2D eigenvalue weighted by Crippen LogP contribution is -2.29. The molecule has 0 unspecified atom stereocenters. The van der Waals surface area contributed by atoms with E-state index < -0.39 is 0 Å². The Labute approximate surface area is 171 Å². The monoisotopic (exact) mass is 408 g/mol. The van der Waals surface area contributed by atoms with Crippen LogP contribution in [0.15, 0.2) is 46.9 Å². The van der Waals surface area contributed by atoms with Crippen molar-refractivity contribution in [2.75, 3.05) is 23.4 Å². The number of benzene rings is 1. The van der Waals surface area contributed by atoms with Crippen molar-refractivity contribution in [1.82, 2.24) is 15.0 Å². The van der Waals surface area contributed by atoms with Crippen LogP contribution in [0.2, 0.25) is 0 Å². The molecule has 4 heterocycles. The molecule has 1 aliphatic rings. The molecule has 0 saturated carbocycles. The lowest BCUT2D eigenvalue weighted by molar-refractivity contribution is 0.577. The van der Waals surface area contributed by atoms with Crippen LogP contribution in [0.4, 0.5) is 11.1 Å². The second kappa shape index (κ2) is 7.73. The second-order valence-corrected chi connectivity index (χ2v) is 8.66. The van der Waals surface area contributed by atoms with Crippen molar-refractivity contribution < 1.29 is 0 Å². The van der Waals surface area contributed by atoms with E-state index in [1.807, 2.05) is 30.5 Å². The summed E-state index contributed by atoms with van der Waals surface area (Å²) >= 11 is 3.41. The van der Waals surface area contributed by atoms with Crippen LogP contribution in [0, 0.1) is 0 Å². The minimum Gasteiger partial charge on any atom is -0.348 e. The topological polar surface area (TPSA) is 69.2 Å². The first-order chi connectivity index (χ1) is 13.9. The minimum atomic E-state index is 0.635. The van der Waals surface area contributed by atoms with Crippen LogP contribution in [0.5, 0.6) is 0 Å². The van der Waals surface area contributed by atoms with E-state index in [9.17, 15) is 0 Å². The van der Waals surface area contributed by atoms with Crippen molar-refractivity contribution in [3.8, 4) is 10.6 Å². The van der Waals surface area contributed by atoms with E-state index in [0.29, 0.717) is 5.95 Å². The number of hydrazone groups is 1. The van der Waals surface area contributed by atoms with Crippen molar-refractivity contribution >= 4 is 51.0 Å². The summed E-state index contributed by atoms with van der Waals surface area (Å²) in [7, 11) is 0. The summed E-state index contributed by atoms with van der Waals surface area (Å²) in [5.74, 6) is 0.635. The third-order valence-corrected chi connectivity index (χ3v) is 6.69. The van der Waals surface area contributed by atoms with Crippen LogP contribution in [0.3, 0.4) is 0 Å². The Hall–Kier alpha value is -2.71. The number of nitrogens with one attached hydrogen (secondary N) is 2. The molecule has 0 atom stereocenters. The summed E-state index contributed by atoms with van der Waals surface area (Å²) in [6, 6.07) is 12.1. The highest BCUT2D eigenvalue weighted by Crippen LogP contribution is 2.35. The molecule has 3 aromatic heterocycles. The van der Waals surface area contributed by atoms with Gasteiger partial charge < -0.3 is 9.88 Å². The second-order valence-electron chi connectivity index (χ2n) is 6.71. The van der Waals surface area contributed by atoms with Gasteiger partial charge in [-0.1, -0.05) is 29.5 Å². The zero-order valence-electron chi connectivity index (χ0n) is 15.3. The Morgan fingerprint density at radius 1 is 1.07 bits per heavy atom. The number of fused-ring (bicyclic) bond motifs is 1. The normalized spacial score (nSPS) is 14.9. The fourth-order valence-electron chi connectivity index (χ4n) is 3.38. The molecule has 1 aliphatic heterocycles. The Morgan fingerprint density at radius 2 is 1.96 bits per heavy atom. The smallest absolute Gasteiger partial charge is 0.222 e. The largest absolute Gasteiger partial charge is 0.348 e. The molecule has 0 radical (unpaired) electrons. The van der Waals surface area contributed by atoms with Gasteiger partial charge >= 0.3 is 0 Å². The summed E-state index contributed by atoms with van der Waals surface area (Å²) in [4.78, 5) is 17.3. The average Bonchev–Trinajstić information content (AvgIpc) is 3.47. The first kappa shape index (κ1) is 17.4. The molecule has 28 heavy (non-hydrogen) atoms. The van der Waals surface area contributed by atoms with E-state index in [1.54, 1.807) is 22.7 Å². The first-order valence-electron chi connectivity index (χ1n) is 9.40. The Morgan fingerprint density at radius 3 is 2.79 bits per heavy atom. The first-order valence-corrected chi connectivity index (χ1v) is 11.1. The number of aromatic amines is 1. The quantitative estimate of drug-likeness (QED) is 0.352. The number of hydrogen-bond acceptors (Lipinski definition) is 7. The van der Waals surface area contributed by atoms with Gasteiger partial charge in [-0.25, -0.2) is 15.4 Å². The number of H-pyrrole nitrogens is 1. The molecule has 0 aliphatic carbocycles. The molecule has 0 spiro atoms.